The van der Waals surface area contributed by atoms with Crippen LogP contribution in [-0.4, -0.2) is 35.1 Å². The molecule has 1 heterocycles. The quantitative estimate of drug-likeness (QED) is 0.775. The molecule has 0 fully saturated rings. The van der Waals surface area contributed by atoms with E-state index in [1.54, 1.807) is 12.3 Å². The van der Waals surface area contributed by atoms with E-state index in [9.17, 15) is 4.79 Å². The van der Waals surface area contributed by atoms with Gasteiger partial charge in [-0.05, 0) is 19.6 Å². The van der Waals surface area contributed by atoms with Crippen LogP contribution in [0.1, 0.15) is 31.3 Å². The number of hydrogen-bond acceptors (Lipinski definition) is 6. The molecule has 0 radical (unpaired) electrons. The number of nitrogens with zero attached hydrogens (tertiary/aromatic N) is 1. The zero-order valence-electron chi connectivity index (χ0n) is 10.4. The molecule has 0 aromatic carbocycles. The molecular weight excluding hydrogens is 256 g/mol. The SMILES string of the molecule is CCOC(=O)c1csc(NC(C)CSCC)n1. The van der Waals surface area contributed by atoms with Gasteiger partial charge in [0.2, 0.25) is 0 Å². The Hall–Kier alpha value is -0.750. The zero-order valence-corrected chi connectivity index (χ0v) is 12.0. The van der Waals surface area contributed by atoms with Crippen molar-refractivity contribution in [2.75, 3.05) is 23.4 Å². The van der Waals surface area contributed by atoms with E-state index in [1.807, 2.05) is 11.8 Å². The average Bonchev–Trinajstić information content (AvgIpc) is 2.75. The second-order valence-corrected chi connectivity index (χ2v) is 5.64. The van der Waals surface area contributed by atoms with Gasteiger partial charge in [0, 0.05) is 17.2 Å². The van der Waals surface area contributed by atoms with Crippen LogP contribution in [0, 0.1) is 0 Å². The van der Waals surface area contributed by atoms with Gasteiger partial charge in [-0.25, -0.2) is 9.78 Å². The molecule has 17 heavy (non-hydrogen) atoms. The Balaban J connectivity index is 2.47. The number of carbonyl (C=O) groups excluding carboxylic acids is 1. The third-order valence-electron chi connectivity index (χ3n) is 1.93. The number of hydrogen-bond donors (Lipinski definition) is 1. The minimum absolute atomic E-state index is 0.348. The number of carbonyl (C=O) groups is 1. The maximum Gasteiger partial charge on any atom is 0.357 e. The highest BCUT2D eigenvalue weighted by Gasteiger charge is 2.12. The number of rotatable bonds is 7. The van der Waals surface area contributed by atoms with E-state index < -0.39 is 0 Å². The van der Waals surface area contributed by atoms with Gasteiger partial charge in [-0.1, -0.05) is 6.92 Å². The minimum atomic E-state index is -0.354. The van der Waals surface area contributed by atoms with Crippen molar-refractivity contribution in [3.63, 3.8) is 0 Å². The van der Waals surface area contributed by atoms with E-state index >= 15 is 0 Å². The summed E-state index contributed by atoms with van der Waals surface area (Å²) in [6.07, 6.45) is 0. The summed E-state index contributed by atoms with van der Waals surface area (Å²) in [5, 5.41) is 5.77. The number of thioether (sulfide) groups is 1. The van der Waals surface area contributed by atoms with Crippen molar-refractivity contribution in [3.8, 4) is 0 Å². The summed E-state index contributed by atoms with van der Waals surface area (Å²) in [6, 6.07) is 0.348. The maximum absolute atomic E-state index is 11.4. The first-order valence-corrected chi connectivity index (χ1v) is 7.67. The summed E-state index contributed by atoms with van der Waals surface area (Å²) in [7, 11) is 0. The number of anilines is 1. The summed E-state index contributed by atoms with van der Waals surface area (Å²) >= 11 is 3.31. The molecule has 6 heteroatoms. The number of esters is 1. The van der Waals surface area contributed by atoms with Gasteiger partial charge in [0.25, 0.3) is 0 Å². The molecule has 0 aliphatic carbocycles. The molecule has 1 atom stereocenters. The molecule has 0 aliphatic heterocycles. The van der Waals surface area contributed by atoms with Crippen molar-refractivity contribution in [1.82, 2.24) is 4.98 Å². The van der Waals surface area contributed by atoms with Crippen molar-refractivity contribution >= 4 is 34.2 Å². The summed E-state index contributed by atoms with van der Waals surface area (Å²) < 4.78 is 4.88. The van der Waals surface area contributed by atoms with Crippen LogP contribution in [0.15, 0.2) is 5.38 Å². The Labute approximate surface area is 110 Å². The maximum atomic E-state index is 11.4. The number of aromatic nitrogens is 1. The molecule has 0 saturated heterocycles. The third kappa shape index (κ3) is 4.95. The van der Waals surface area contributed by atoms with E-state index in [1.165, 1.54) is 11.3 Å². The first kappa shape index (κ1) is 14.3. The lowest BCUT2D eigenvalue weighted by atomic mass is 10.4. The van der Waals surface area contributed by atoms with Crippen molar-refractivity contribution in [2.45, 2.75) is 26.8 Å². The monoisotopic (exact) mass is 274 g/mol. The van der Waals surface area contributed by atoms with E-state index in [0.717, 1.165) is 16.6 Å². The predicted molar refractivity (Wildman–Crippen MR) is 74.2 cm³/mol. The largest absolute Gasteiger partial charge is 0.461 e. The van der Waals surface area contributed by atoms with Crippen LogP contribution in [0.4, 0.5) is 5.13 Å². The van der Waals surface area contributed by atoms with E-state index in [-0.39, 0.29) is 5.97 Å². The van der Waals surface area contributed by atoms with Gasteiger partial charge < -0.3 is 10.1 Å². The smallest absolute Gasteiger partial charge is 0.357 e. The fourth-order valence-corrected chi connectivity index (χ4v) is 2.65. The average molecular weight is 274 g/mol. The number of nitrogens with one attached hydrogen (secondary N) is 1. The molecule has 1 aromatic rings. The molecule has 96 valence electrons. The van der Waals surface area contributed by atoms with E-state index in [4.69, 9.17) is 4.74 Å². The second-order valence-electron chi connectivity index (χ2n) is 3.46. The lowest BCUT2D eigenvalue weighted by Gasteiger charge is -2.11. The van der Waals surface area contributed by atoms with E-state index in [0.29, 0.717) is 18.3 Å². The standard InChI is InChI=1S/C11H18N2O2S2/c1-4-15-10(14)9-7-17-11(13-9)12-8(3)6-16-5-2/h7-8H,4-6H2,1-3H3,(H,12,13). The summed E-state index contributed by atoms with van der Waals surface area (Å²) in [6.45, 7) is 6.41. The van der Waals surface area contributed by atoms with Crippen LogP contribution in [0.25, 0.3) is 0 Å². The molecule has 0 saturated carbocycles. The van der Waals surface area contributed by atoms with Gasteiger partial charge in [-0.3, -0.25) is 0 Å². The van der Waals surface area contributed by atoms with Crippen LogP contribution < -0.4 is 5.32 Å². The molecule has 0 spiro atoms. The first-order chi connectivity index (χ1) is 8.17. The van der Waals surface area contributed by atoms with Gasteiger partial charge >= 0.3 is 5.97 Å². The number of thiazole rings is 1. The topological polar surface area (TPSA) is 51.2 Å². The van der Waals surface area contributed by atoms with Crippen LogP contribution in [-0.2, 0) is 4.74 Å². The Morgan fingerprint density at radius 1 is 1.65 bits per heavy atom. The van der Waals surface area contributed by atoms with Crippen molar-refractivity contribution in [3.05, 3.63) is 11.1 Å². The molecule has 1 N–H and O–H groups in total. The van der Waals surface area contributed by atoms with Gasteiger partial charge in [0.1, 0.15) is 0 Å². The van der Waals surface area contributed by atoms with Gasteiger partial charge in [-0.2, -0.15) is 11.8 Å². The van der Waals surface area contributed by atoms with Crippen molar-refractivity contribution < 1.29 is 9.53 Å². The molecule has 0 amide bonds. The lowest BCUT2D eigenvalue weighted by Crippen LogP contribution is -2.18. The number of ether oxygens (including phenoxy) is 1. The zero-order chi connectivity index (χ0) is 12.7. The first-order valence-electron chi connectivity index (χ1n) is 5.64. The van der Waals surface area contributed by atoms with Crippen LogP contribution >= 0.6 is 23.1 Å². The van der Waals surface area contributed by atoms with Crippen molar-refractivity contribution in [1.29, 1.82) is 0 Å². The van der Waals surface area contributed by atoms with Crippen LogP contribution in [0.2, 0.25) is 0 Å². The summed E-state index contributed by atoms with van der Waals surface area (Å²) in [5.74, 6) is 1.79. The van der Waals surface area contributed by atoms with Gasteiger partial charge in [-0.15, -0.1) is 11.3 Å². The summed E-state index contributed by atoms with van der Waals surface area (Å²) in [4.78, 5) is 15.6. The second kappa shape index (κ2) is 7.55. The van der Waals surface area contributed by atoms with E-state index in [2.05, 4.69) is 24.1 Å². The molecule has 0 aliphatic rings. The highest BCUT2D eigenvalue weighted by molar-refractivity contribution is 7.99. The third-order valence-corrected chi connectivity index (χ3v) is 3.85. The Morgan fingerprint density at radius 3 is 3.06 bits per heavy atom. The predicted octanol–water partition coefficient (Wildman–Crippen LogP) is 2.87. The molecular formula is C11H18N2O2S2. The Kier molecular flexibility index (Phi) is 6.36. The highest BCUT2D eigenvalue weighted by Crippen LogP contribution is 2.18. The highest BCUT2D eigenvalue weighted by atomic mass is 32.2. The Bertz CT molecular complexity index is 355. The van der Waals surface area contributed by atoms with Crippen molar-refractivity contribution in [2.24, 2.45) is 0 Å². The molecule has 1 rings (SSSR count). The van der Waals surface area contributed by atoms with Crippen LogP contribution in [0.5, 0.6) is 0 Å². The molecule has 0 bridgehead atoms. The minimum Gasteiger partial charge on any atom is -0.461 e. The van der Waals surface area contributed by atoms with Gasteiger partial charge in [0.15, 0.2) is 10.8 Å². The fraction of sp³-hybridized carbons (Fsp3) is 0.636. The van der Waals surface area contributed by atoms with Crippen LogP contribution in [0.3, 0.4) is 0 Å². The fourth-order valence-electron chi connectivity index (χ4n) is 1.19. The van der Waals surface area contributed by atoms with Gasteiger partial charge in [0.05, 0.1) is 6.61 Å². The molecule has 1 aromatic heterocycles. The normalized spacial score (nSPS) is 12.2. The Morgan fingerprint density at radius 2 is 2.41 bits per heavy atom. The molecule has 4 nitrogen and oxygen atoms in total. The lowest BCUT2D eigenvalue weighted by molar-refractivity contribution is 0.0520. The molecule has 1 unspecified atom stereocenters. The summed E-state index contributed by atoms with van der Waals surface area (Å²) in [5.41, 5.74) is 0.384.